The maximum absolute atomic E-state index is 13.9. The van der Waals surface area contributed by atoms with E-state index in [9.17, 15) is 18.0 Å². The van der Waals surface area contributed by atoms with Crippen molar-refractivity contribution in [2.75, 3.05) is 17.1 Å². The molecule has 1 aliphatic carbocycles. The number of hydrogen-bond donors (Lipinski definition) is 1. The number of hydrogen-bond acceptors (Lipinski definition) is 4. The van der Waals surface area contributed by atoms with E-state index in [1.807, 2.05) is 66.7 Å². The normalized spacial score (nSPS) is 14.7. The molecule has 41 heavy (non-hydrogen) atoms. The summed E-state index contributed by atoms with van der Waals surface area (Å²) in [5.41, 5.74) is 2.48. The second-order valence-electron chi connectivity index (χ2n) is 10.8. The number of nitrogens with zero attached hydrogens (tertiary/aromatic N) is 2. The van der Waals surface area contributed by atoms with Gasteiger partial charge < -0.3 is 10.2 Å². The Balaban J connectivity index is 1.56. The topological polar surface area (TPSA) is 86.8 Å². The van der Waals surface area contributed by atoms with Crippen LogP contribution in [0.3, 0.4) is 0 Å². The summed E-state index contributed by atoms with van der Waals surface area (Å²) in [4.78, 5) is 29.5. The van der Waals surface area contributed by atoms with Gasteiger partial charge in [-0.3, -0.25) is 13.9 Å². The van der Waals surface area contributed by atoms with E-state index in [0.717, 1.165) is 36.8 Å². The molecule has 0 radical (unpaired) electrons. The minimum Gasteiger partial charge on any atom is -0.352 e. The number of benzene rings is 3. The molecule has 0 saturated heterocycles. The zero-order valence-corrected chi connectivity index (χ0v) is 24.6. The Kier molecular flexibility index (Phi) is 11.0. The third-order valence-electron chi connectivity index (χ3n) is 7.61. The van der Waals surface area contributed by atoms with E-state index in [-0.39, 0.29) is 30.8 Å². The Morgan fingerprint density at radius 3 is 1.98 bits per heavy atom. The quantitative estimate of drug-likeness (QED) is 0.299. The monoisotopic (exact) mass is 575 g/mol. The van der Waals surface area contributed by atoms with E-state index in [2.05, 4.69) is 5.32 Å². The summed E-state index contributed by atoms with van der Waals surface area (Å²) >= 11 is 0. The van der Waals surface area contributed by atoms with Gasteiger partial charge in [-0.05, 0) is 42.5 Å². The van der Waals surface area contributed by atoms with E-state index in [1.165, 1.54) is 17.0 Å². The highest BCUT2D eigenvalue weighted by molar-refractivity contribution is 7.92. The molecule has 8 heteroatoms. The lowest BCUT2D eigenvalue weighted by molar-refractivity contribution is -0.141. The predicted octanol–water partition coefficient (Wildman–Crippen LogP) is 5.32. The van der Waals surface area contributed by atoms with Crippen LogP contribution < -0.4 is 9.62 Å². The molecule has 0 spiro atoms. The molecule has 3 aromatic carbocycles. The minimum atomic E-state index is -3.53. The highest BCUT2D eigenvalue weighted by Gasteiger charge is 2.32. The Bertz CT molecular complexity index is 1340. The van der Waals surface area contributed by atoms with Crippen LogP contribution in [0.2, 0.25) is 0 Å². The molecule has 7 nitrogen and oxygen atoms in total. The largest absolute Gasteiger partial charge is 0.352 e. The summed E-state index contributed by atoms with van der Waals surface area (Å²) < 4.78 is 26.4. The second-order valence-corrected chi connectivity index (χ2v) is 12.7. The van der Waals surface area contributed by atoms with Gasteiger partial charge in [0.2, 0.25) is 21.8 Å². The van der Waals surface area contributed by atoms with Crippen molar-refractivity contribution in [3.63, 3.8) is 0 Å². The molecular weight excluding hydrogens is 534 g/mol. The van der Waals surface area contributed by atoms with Gasteiger partial charge in [0.15, 0.2) is 0 Å². The van der Waals surface area contributed by atoms with Gasteiger partial charge >= 0.3 is 0 Å². The van der Waals surface area contributed by atoms with E-state index >= 15 is 0 Å². The van der Waals surface area contributed by atoms with Crippen LogP contribution in [0.5, 0.6) is 0 Å². The lowest BCUT2D eigenvalue weighted by Gasteiger charge is -2.34. The molecule has 4 rings (SSSR count). The molecule has 1 fully saturated rings. The molecule has 2 amide bonds. The Hall–Kier alpha value is -3.65. The van der Waals surface area contributed by atoms with Gasteiger partial charge in [-0.15, -0.1) is 0 Å². The first-order valence-electron chi connectivity index (χ1n) is 14.5. The predicted molar refractivity (Wildman–Crippen MR) is 164 cm³/mol. The minimum absolute atomic E-state index is 0.119. The molecule has 0 bridgehead atoms. The first-order valence-corrected chi connectivity index (χ1v) is 16.4. The van der Waals surface area contributed by atoms with Crippen LogP contribution in [0.4, 0.5) is 5.69 Å². The zero-order valence-electron chi connectivity index (χ0n) is 23.8. The zero-order chi connectivity index (χ0) is 29.1. The third kappa shape index (κ3) is 9.18. The van der Waals surface area contributed by atoms with Gasteiger partial charge in [-0.2, -0.15) is 0 Å². The number of amides is 2. The van der Waals surface area contributed by atoms with E-state index < -0.39 is 16.1 Å². The number of nitrogens with one attached hydrogen (secondary N) is 1. The van der Waals surface area contributed by atoms with Crippen molar-refractivity contribution in [3.8, 4) is 0 Å². The van der Waals surface area contributed by atoms with E-state index in [4.69, 9.17) is 0 Å². The molecule has 3 aromatic rings. The van der Waals surface area contributed by atoms with Crippen LogP contribution in [0, 0.1) is 0 Å². The summed E-state index contributed by atoms with van der Waals surface area (Å²) in [6, 6.07) is 27.8. The van der Waals surface area contributed by atoms with Crippen molar-refractivity contribution < 1.29 is 18.0 Å². The molecule has 0 heterocycles. The van der Waals surface area contributed by atoms with Crippen molar-refractivity contribution in [3.05, 3.63) is 102 Å². The second kappa shape index (κ2) is 14.8. The van der Waals surface area contributed by atoms with Gasteiger partial charge in [-0.25, -0.2) is 8.42 Å². The molecule has 0 unspecified atom stereocenters. The summed E-state index contributed by atoms with van der Waals surface area (Å²) in [6.07, 6.45) is 7.31. The first-order chi connectivity index (χ1) is 19.8. The highest BCUT2D eigenvalue weighted by Crippen LogP contribution is 2.21. The van der Waals surface area contributed by atoms with Crippen molar-refractivity contribution >= 4 is 27.5 Å². The number of rotatable bonds is 13. The SMILES string of the molecule is CS(=O)(=O)N(CCCC(=O)N(Cc1ccccc1)[C@@H](Cc1ccccc1)C(=O)NC1CCCCC1)c1ccccc1. The third-order valence-corrected chi connectivity index (χ3v) is 8.81. The number of para-hydroxylation sites is 1. The number of carbonyl (C=O) groups excluding carboxylic acids is 2. The summed E-state index contributed by atoms with van der Waals surface area (Å²) in [5.74, 6) is -0.304. The van der Waals surface area contributed by atoms with Crippen molar-refractivity contribution in [1.29, 1.82) is 0 Å². The average Bonchev–Trinajstić information content (AvgIpc) is 2.98. The van der Waals surface area contributed by atoms with Gasteiger partial charge in [0, 0.05) is 32.0 Å². The standard InChI is InChI=1S/C33H41N3O4S/c1-41(39,40)36(30-21-12-5-13-22-30)24-14-23-32(37)35(26-28-17-8-3-9-18-28)31(25-27-15-6-2-7-16-27)33(38)34-29-19-10-4-11-20-29/h2-3,5-9,12-13,15-18,21-22,29,31H,4,10-11,14,19-20,23-26H2,1H3,(H,34,38)/t31-/m0/s1. The smallest absolute Gasteiger partial charge is 0.243 e. The van der Waals surface area contributed by atoms with Crippen LogP contribution in [0.15, 0.2) is 91.0 Å². The lowest BCUT2D eigenvalue weighted by atomic mass is 9.94. The fraction of sp³-hybridized carbons (Fsp3) is 0.394. The molecular formula is C33H41N3O4S. The van der Waals surface area contributed by atoms with Crippen LogP contribution in [-0.4, -0.2) is 50.0 Å². The molecule has 1 N–H and O–H groups in total. The fourth-order valence-electron chi connectivity index (χ4n) is 5.48. The van der Waals surface area contributed by atoms with Crippen LogP contribution >= 0.6 is 0 Å². The molecule has 1 aliphatic rings. The maximum atomic E-state index is 13.9. The highest BCUT2D eigenvalue weighted by atomic mass is 32.2. The first kappa shape index (κ1) is 30.3. The maximum Gasteiger partial charge on any atom is 0.243 e. The average molecular weight is 576 g/mol. The Morgan fingerprint density at radius 1 is 0.829 bits per heavy atom. The molecule has 1 saturated carbocycles. The van der Waals surface area contributed by atoms with Gasteiger partial charge in [0.05, 0.1) is 11.9 Å². The van der Waals surface area contributed by atoms with E-state index in [0.29, 0.717) is 25.1 Å². The fourth-order valence-corrected chi connectivity index (χ4v) is 6.44. The Morgan fingerprint density at radius 2 is 1.39 bits per heavy atom. The summed E-state index contributed by atoms with van der Waals surface area (Å²) in [6.45, 7) is 0.467. The van der Waals surface area contributed by atoms with Gasteiger partial charge in [-0.1, -0.05) is 98.1 Å². The van der Waals surface area contributed by atoms with E-state index in [1.54, 1.807) is 29.2 Å². The van der Waals surface area contributed by atoms with Crippen LogP contribution in [-0.2, 0) is 32.6 Å². The van der Waals surface area contributed by atoms with Crippen LogP contribution in [0.25, 0.3) is 0 Å². The van der Waals surface area contributed by atoms with Gasteiger partial charge in [0.25, 0.3) is 0 Å². The molecule has 0 aromatic heterocycles. The Labute approximate surface area is 244 Å². The van der Waals surface area contributed by atoms with Crippen molar-refractivity contribution in [1.82, 2.24) is 10.2 Å². The van der Waals surface area contributed by atoms with Crippen LogP contribution in [0.1, 0.15) is 56.1 Å². The number of carbonyl (C=O) groups is 2. The molecule has 218 valence electrons. The lowest BCUT2D eigenvalue weighted by Crippen LogP contribution is -2.52. The molecule has 1 atom stereocenters. The van der Waals surface area contributed by atoms with Crippen molar-refractivity contribution in [2.24, 2.45) is 0 Å². The van der Waals surface area contributed by atoms with Crippen molar-refractivity contribution in [2.45, 2.75) is 70.0 Å². The van der Waals surface area contributed by atoms with Gasteiger partial charge in [0.1, 0.15) is 6.04 Å². The molecule has 0 aliphatic heterocycles. The summed E-state index contributed by atoms with van der Waals surface area (Å²) in [7, 11) is -3.53. The number of sulfonamides is 1. The summed E-state index contributed by atoms with van der Waals surface area (Å²) in [5, 5.41) is 3.26. The number of anilines is 1.